The Hall–Kier alpha value is -3.02. The van der Waals surface area contributed by atoms with E-state index in [0.29, 0.717) is 11.3 Å². The normalized spacial score (nSPS) is 11.2. The van der Waals surface area contributed by atoms with Crippen molar-refractivity contribution in [1.29, 1.82) is 0 Å². The van der Waals surface area contributed by atoms with Crippen molar-refractivity contribution in [1.82, 2.24) is 14.7 Å². The number of benzene rings is 1. The van der Waals surface area contributed by atoms with Gasteiger partial charge < -0.3 is 10.1 Å². The third-order valence-electron chi connectivity index (χ3n) is 3.94. The lowest BCUT2D eigenvalue weighted by Crippen LogP contribution is -2.27. The van der Waals surface area contributed by atoms with Crippen molar-refractivity contribution in [2.75, 3.05) is 17.1 Å². The standard InChI is InChI=1S/C18H16ClF2N5O3S/c1-10-14(25-13-4-3-11(19)7-12(13)20)8-23-9-16(10)29-15-5-6-24-18(17(15)21)26-30(27,28)22-2/h3-9,22,25H,1-2H3,(H,24,26). The first-order valence-corrected chi connectivity index (χ1v) is 10.3. The predicted molar refractivity (Wildman–Crippen MR) is 110 cm³/mol. The van der Waals surface area contributed by atoms with Crippen molar-refractivity contribution in [2.45, 2.75) is 6.92 Å². The largest absolute Gasteiger partial charge is 0.452 e. The van der Waals surface area contributed by atoms with Gasteiger partial charge in [-0.1, -0.05) is 11.6 Å². The fourth-order valence-electron chi connectivity index (χ4n) is 2.34. The number of aromatic nitrogens is 2. The molecule has 0 aliphatic rings. The summed E-state index contributed by atoms with van der Waals surface area (Å²) in [5, 5.41) is 3.13. The van der Waals surface area contributed by atoms with E-state index in [9.17, 15) is 17.2 Å². The van der Waals surface area contributed by atoms with Gasteiger partial charge in [0.05, 0.1) is 23.8 Å². The van der Waals surface area contributed by atoms with Gasteiger partial charge in [-0.25, -0.2) is 14.1 Å². The number of hydrogen-bond donors (Lipinski definition) is 3. The van der Waals surface area contributed by atoms with Gasteiger partial charge in [-0.05, 0) is 25.1 Å². The Morgan fingerprint density at radius 1 is 1.10 bits per heavy atom. The van der Waals surface area contributed by atoms with Gasteiger partial charge in [0.25, 0.3) is 10.2 Å². The molecule has 2 aromatic heterocycles. The summed E-state index contributed by atoms with van der Waals surface area (Å²) in [6.45, 7) is 1.66. The van der Waals surface area contributed by atoms with E-state index in [4.69, 9.17) is 16.3 Å². The van der Waals surface area contributed by atoms with Crippen LogP contribution < -0.4 is 19.5 Å². The molecule has 1 aromatic carbocycles. The summed E-state index contributed by atoms with van der Waals surface area (Å²) >= 11 is 5.76. The van der Waals surface area contributed by atoms with Crippen molar-refractivity contribution in [2.24, 2.45) is 0 Å². The lowest BCUT2D eigenvalue weighted by atomic mass is 10.2. The molecule has 0 unspecified atom stereocenters. The average Bonchev–Trinajstić information content (AvgIpc) is 2.69. The monoisotopic (exact) mass is 455 g/mol. The first kappa shape index (κ1) is 21.7. The Morgan fingerprint density at radius 2 is 1.87 bits per heavy atom. The number of anilines is 3. The number of pyridine rings is 2. The van der Waals surface area contributed by atoms with E-state index in [1.807, 2.05) is 9.44 Å². The fourth-order valence-corrected chi connectivity index (χ4v) is 3.00. The van der Waals surface area contributed by atoms with E-state index in [2.05, 4.69) is 15.3 Å². The first-order valence-electron chi connectivity index (χ1n) is 8.40. The summed E-state index contributed by atoms with van der Waals surface area (Å²) in [5.74, 6) is -2.22. The maximum absolute atomic E-state index is 14.7. The molecule has 3 aromatic rings. The zero-order valence-electron chi connectivity index (χ0n) is 15.7. The molecule has 0 amide bonds. The highest BCUT2D eigenvalue weighted by Gasteiger charge is 2.18. The molecule has 0 fully saturated rings. The van der Waals surface area contributed by atoms with Crippen LogP contribution in [0.5, 0.6) is 11.5 Å². The van der Waals surface area contributed by atoms with Gasteiger partial charge >= 0.3 is 0 Å². The van der Waals surface area contributed by atoms with Crippen LogP contribution in [0.25, 0.3) is 0 Å². The van der Waals surface area contributed by atoms with Gasteiger partial charge in [0.15, 0.2) is 17.3 Å². The smallest absolute Gasteiger partial charge is 0.300 e. The van der Waals surface area contributed by atoms with E-state index < -0.39 is 27.7 Å². The number of hydrogen-bond acceptors (Lipinski definition) is 6. The molecule has 0 aliphatic heterocycles. The molecule has 0 radical (unpaired) electrons. The van der Waals surface area contributed by atoms with E-state index in [0.717, 1.165) is 13.1 Å². The quantitative estimate of drug-likeness (QED) is 0.494. The van der Waals surface area contributed by atoms with Crippen LogP contribution >= 0.6 is 11.6 Å². The molecule has 8 nitrogen and oxygen atoms in total. The third kappa shape index (κ3) is 4.93. The lowest BCUT2D eigenvalue weighted by molar-refractivity contribution is 0.438. The number of halogens is 3. The highest BCUT2D eigenvalue weighted by atomic mass is 35.5. The molecule has 0 atom stereocenters. The van der Waals surface area contributed by atoms with Crippen LogP contribution in [0, 0.1) is 18.6 Å². The van der Waals surface area contributed by atoms with Crippen LogP contribution in [0.2, 0.25) is 5.02 Å². The minimum Gasteiger partial charge on any atom is -0.452 e. The van der Waals surface area contributed by atoms with Gasteiger partial charge in [-0.3, -0.25) is 9.71 Å². The van der Waals surface area contributed by atoms with Crippen LogP contribution in [-0.2, 0) is 10.2 Å². The van der Waals surface area contributed by atoms with Crippen molar-refractivity contribution in [3.63, 3.8) is 0 Å². The van der Waals surface area contributed by atoms with Crippen molar-refractivity contribution < 1.29 is 21.9 Å². The molecular formula is C18H16ClF2N5O3S. The Balaban J connectivity index is 1.89. The average molecular weight is 456 g/mol. The van der Waals surface area contributed by atoms with Crippen molar-refractivity contribution in [3.8, 4) is 11.5 Å². The molecule has 0 saturated carbocycles. The molecule has 2 heterocycles. The second-order valence-electron chi connectivity index (χ2n) is 5.94. The highest BCUT2D eigenvalue weighted by molar-refractivity contribution is 7.90. The predicted octanol–water partition coefficient (Wildman–Crippen LogP) is 4.13. The number of ether oxygens (including phenoxy) is 1. The third-order valence-corrected chi connectivity index (χ3v) is 5.18. The summed E-state index contributed by atoms with van der Waals surface area (Å²) in [5.41, 5.74) is 1.09. The molecule has 0 spiro atoms. The summed E-state index contributed by atoms with van der Waals surface area (Å²) in [6, 6.07) is 5.38. The highest BCUT2D eigenvalue weighted by Crippen LogP contribution is 2.33. The summed E-state index contributed by atoms with van der Waals surface area (Å²) in [4.78, 5) is 7.67. The minimum absolute atomic E-state index is 0.167. The molecule has 3 rings (SSSR count). The van der Waals surface area contributed by atoms with Gasteiger partial charge in [0.1, 0.15) is 5.82 Å². The summed E-state index contributed by atoms with van der Waals surface area (Å²) in [7, 11) is -2.80. The molecule has 0 bridgehead atoms. The van der Waals surface area contributed by atoms with Crippen molar-refractivity contribution in [3.05, 3.63) is 65.1 Å². The van der Waals surface area contributed by atoms with Crippen LogP contribution in [0.15, 0.2) is 42.9 Å². The van der Waals surface area contributed by atoms with Gasteiger partial charge in [-0.2, -0.15) is 12.8 Å². The Labute approximate surface area is 176 Å². The molecule has 0 aliphatic carbocycles. The van der Waals surface area contributed by atoms with Gasteiger partial charge in [0, 0.05) is 29.9 Å². The van der Waals surface area contributed by atoms with Crippen LogP contribution in [0.3, 0.4) is 0 Å². The minimum atomic E-state index is -3.97. The van der Waals surface area contributed by atoms with E-state index in [1.165, 1.54) is 36.8 Å². The van der Waals surface area contributed by atoms with Gasteiger partial charge in [0.2, 0.25) is 5.82 Å². The van der Waals surface area contributed by atoms with Gasteiger partial charge in [-0.15, -0.1) is 0 Å². The molecule has 0 saturated heterocycles. The zero-order valence-corrected chi connectivity index (χ0v) is 17.3. The summed E-state index contributed by atoms with van der Waals surface area (Å²) < 4.78 is 61.4. The molecule has 158 valence electrons. The van der Waals surface area contributed by atoms with Crippen molar-refractivity contribution >= 4 is 39.0 Å². The van der Waals surface area contributed by atoms with E-state index in [1.54, 1.807) is 6.92 Å². The molecular weight excluding hydrogens is 440 g/mol. The van der Waals surface area contributed by atoms with Crippen LogP contribution in [-0.4, -0.2) is 25.4 Å². The SMILES string of the molecule is CNS(=O)(=O)Nc1nccc(Oc2cncc(Nc3ccc(Cl)cc3F)c2C)c1F. The lowest BCUT2D eigenvalue weighted by Gasteiger charge is -2.15. The van der Waals surface area contributed by atoms with Crippen LogP contribution in [0.1, 0.15) is 5.56 Å². The number of nitrogens with one attached hydrogen (secondary N) is 3. The summed E-state index contributed by atoms with van der Waals surface area (Å²) in [6.07, 6.45) is 3.97. The van der Waals surface area contributed by atoms with E-state index >= 15 is 0 Å². The molecule has 30 heavy (non-hydrogen) atoms. The Bertz CT molecular complexity index is 1190. The van der Waals surface area contributed by atoms with Crippen LogP contribution in [0.4, 0.5) is 26.0 Å². The first-order chi connectivity index (χ1) is 14.2. The Morgan fingerprint density at radius 3 is 2.57 bits per heavy atom. The number of rotatable bonds is 7. The topological polar surface area (TPSA) is 105 Å². The zero-order chi connectivity index (χ0) is 21.9. The second kappa shape index (κ2) is 8.78. The number of nitrogens with zero attached hydrogens (tertiary/aromatic N) is 2. The van der Waals surface area contributed by atoms with E-state index in [-0.39, 0.29) is 22.2 Å². The second-order valence-corrected chi connectivity index (χ2v) is 8.00. The Kier molecular flexibility index (Phi) is 6.34. The molecule has 12 heteroatoms. The fraction of sp³-hybridized carbons (Fsp3) is 0.111. The molecule has 3 N–H and O–H groups in total. The maximum atomic E-state index is 14.7. The maximum Gasteiger partial charge on any atom is 0.300 e.